The molecule has 0 radical (unpaired) electrons. The fourth-order valence-electron chi connectivity index (χ4n) is 3.60. The van der Waals surface area contributed by atoms with E-state index in [-0.39, 0.29) is 18.5 Å². The number of esters is 1. The van der Waals surface area contributed by atoms with Crippen LogP contribution in [0.2, 0.25) is 0 Å². The van der Waals surface area contributed by atoms with Crippen LogP contribution in [0, 0.1) is 20.8 Å². The second kappa shape index (κ2) is 8.10. The average Bonchev–Trinajstić information content (AvgIpc) is 3.30. The smallest absolute Gasteiger partial charge is 0.342 e. The van der Waals surface area contributed by atoms with Crippen molar-refractivity contribution in [3.8, 4) is 11.5 Å². The Balaban J connectivity index is 1.42. The third kappa shape index (κ3) is 3.83. The first kappa shape index (κ1) is 19.8. The number of para-hydroxylation sites is 2. The lowest BCUT2D eigenvalue weighted by Crippen LogP contribution is -2.33. The van der Waals surface area contributed by atoms with Crippen molar-refractivity contribution in [1.29, 1.82) is 0 Å². The van der Waals surface area contributed by atoms with Gasteiger partial charge >= 0.3 is 5.97 Å². The Kier molecular flexibility index (Phi) is 5.35. The summed E-state index contributed by atoms with van der Waals surface area (Å²) in [6, 6.07) is 10.9. The van der Waals surface area contributed by atoms with Gasteiger partial charge in [0.05, 0.1) is 12.8 Å². The molecule has 4 rings (SSSR count). The quantitative estimate of drug-likeness (QED) is 0.454. The molecule has 0 N–H and O–H groups in total. The number of aromatic nitrogens is 1. The molecule has 30 heavy (non-hydrogen) atoms. The summed E-state index contributed by atoms with van der Waals surface area (Å²) in [5.74, 6) is 1.08. The maximum absolute atomic E-state index is 12.7. The Labute approximate surface area is 174 Å². The van der Waals surface area contributed by atoms with Crippen molar-refractivity contribution < 1.29 is 28.2 Å². The van der Waals surface area contributed by atoms with Crippen molar-refractivity contribution >= 4 is 11.8 Å². The summed E-state index contributed by atoms with van der Waals surface area (Å²) in [5, 5.41) is 0. The van der Waals surface area contributed by atoms with E-state index in [0.29, 0.717) is 35.8 Å². The molecular weight excluding hydrogens is 386 g/mol. The number of hydrogen-bond acceptors (Lipinski definition) is 6. The standard InChI is InChI=1S/C23H23NO6/c1-14-10-19(20(25)13-29-23(26)18-8-9-27-16(18)3)15(2)24(14)11-17-12-28-21-6-4-5-7-22(21)30-17/h4-10,17H,11-13H2,1-3H3/t17-/m0/s1. The third-order valence-electron chi connectivity index (χ3n) is 5.24. The van der Waals surface area contributed by atoms with Crippen LogP contribution in [-0.2, 0) is 11.3 Å². The second-order valence-corrected chi connectivity index (χ2v) is 7.28. The van der Waals surface area contributed by atoms with E-state index in [1.165, 1.54) is 12.3 Å². The van der Waals surface area contributed by atoms with E-state index in [4.69, 9.17) is 18.6 Å². The molecule has 0 saturated heterocycles. The van der Waals surface area contributed by atoms with Crippen LogP contribution in [0.1, 0.15) is 37.9 Å². The lowest BCUT2D eigenvalue weighted by Gasteiger charge is -2.27. The van der Waals surface area contributed by atoms with E-state index in [2.05, 4.69) is 0 Å². The van der Waals surface area contributed by atoms with Gasteiger partial charge in [0.1, 0.15) is 17.9 Å². The van der Waals surface area contributed by atoms with Crippen LogP contribution in [0.5, 0.6) is 11.5 Å². The fraction of sp³-hybridized carbons (Fsp3) is 0.304. The van der Waals surface area contributed by atoms with E-state index < -0.39 is 5.97 Å². The van der Waals surface area contributed by atoms with E-state index in [1.807, 2.05) is 48.7 Å². The van der Waals surface area contributed by atoms with Crippen molar-refractivity contribution in [2.45, 2.75) is 33.4 Å². The predicted octanol–water partition coefficient (Wildman–Crippen LogP) is 3.89. The molecule has 0 aliphatic carbocycles. The normalized spacial score (nSPS) is 15.1. The number of carbonyl (C=O) groups excluding carboxylic acids is 2. The van der Waals surface area contributed by atoms with Gasteiger partial charge in [-0.1, -0.05) is 12.1 Å². The largest absolute Gasteiger partial charge is 0.486 e. The minimum atomic E-state index is -0.574. The highest BCUT2D eigenvalue weighted by Crippen LogP contribution is 2.31. The number of nitrogens with zero attached hydrogens (tertiary/aromatic N) is 1. The first-order valence-electron chi connectivity index (χ1n) is 9.73. The molecule has 3 aromatic rings. The molecule has 2 aromatic heterocycles. The Morgan fingerprint density at radius 3 is 2.60 bits per heavy atom. The SMILES string of the molecule is Cc1occc1C(=O)OCC(=O)c1cc(C)n(C[C@H]2COc3ccccc3O2)c1C. The topological polar surface area (TPSA) is 79.9 Å². The number of fused-ring (bicyclic) bond motifs is 1. The first-order valence-corrected chi connectivity index (χ1v) is 9.73. The van der Waals surface area contributed by atoms with Gasteiger partial charge in [-0.3, -0.25) is 4.79 Å². The number of furan rings is 1. The molecular formula is C23H23NO6. The highest BCUT2D eigenvalue weighted by Gasteiger charge is 2.24. The highest BCUT2D eigenvalue weighted by atomic mass is 16.6. The number of aryl methyl sites for hydroxylation is 2. The minimum absolute atomic E-state index is 0.172. The molecule has 0 unspecified atom stereocenters. The van der Waals surface area contributed by atoms with Gasteiger partial charge in [0, 0.05) is 17.0 Å². The van der Waals surface area contributed by atoms with Gasteiger partial charge in [0.25, 0.3) is 0 Å². The summed E-state index contributed by atoms with van der Waals surface area (Å²) in [6.07, 6.45) is 1.24. The molecule has 7 nitrogen and oxygen atoms in total. The first-order chi connectivity index (χ1) is 14.4. The van der Waals surface area contributed by atoms with Crippen LogP contribution in [0.25, 0.3) is 0 Å². The number of hydrogen-bond donors (Lipinski definition) is 0. The molecule has 0 bridgehead atoms. The fourth-order valence-corrected chi connectivity index (χ4v) is 3.60. The molecule has 0 saturated carbocycles. The summed E-state index contributed by atoms with van der Waals surface area (Å²) in [6.45, 7) is 6.13. The lowest BCUT2D eigenvalue weighted by molar-refractivity contribution is 0.0472. The van der Waals surface area contributed by atoms with E-state index in [0.717, 1.165) is 17.1 Å². The van der Waals surface area contributed by atoms with Gasteiger partial charge in [-0.05, 0) is 45.0 Å². The number of Topliss-reactive ketones (excluding diaryl/α,β-unsaturated/α-hetero) is 1. The van der Waals surface area contributed by atoms with Crippen LogP contribution >= 0.6 is 0 Å². The molecule has 0 amide bonds. The summed E-state index contributed by atoms with van der Waals surface area (Å²) in [7, 11) is 0. The molecule has 3 heterocycles. The molecule has 7 heteroatoms. The van der Waals surface area contributed by atoms with E-state index >= 15 is 0 Å². The number of ether oxygens (including phenoxy) is 3. The van der Waals surface area contributed by atoms with Crippen LogP contribution in [-0.4, -0.2) is 35.6 Å². The summed E-state index contributed by atoms with van der Waals surface area (Å²) < 4.78 is 24.1. The number of carbonyl (C=O) groups is 2. The Morgan fingerprint density at radius 2 is 1.87 bits per heavy atom. The van der Waals surface area contributed by atoms with Crippen molar-refractivity contribution in [1.82, 2.24) is 4.57 Å². The Hall–Kier alpha value is -3.48. The van der Waals surface area contributed by atoms with Gasteiger partial charge in [-0.15, -0.1) is 0 Å². The molecule has 156 valence electrons. The molecule has 0 spiro atoms. The van der Waals surface area contributed by atoms with Gasteiger partial charge < -0.3 is 23.2 Å². The lowest BCUT2D eigenvalue weighted by atomic mass is 10.1. The van der Waals surface area contributed by atoms with Gasteiger partial charge in [-0.25, -0.2) is 4.79 Å². The van der Waals surface area contributed by atoms with Crippen molar-refractivity contribution in [2.24, 2.45) is 0 Å². The van der Waals surface area contributed by atoms with Crippen LogP contribution in [0.3, 0.4) is 0 Å². The average molecular weight is 409 g/mol. The zero-order valence-corrected chi connectivity index (χ0v) is 17.1. The maximum atomic E-state index is 12.7. The molecule has 1 aliphatic rings. The molecule has 1 aliphatic heterocycles. The van der Waals surface area contributed by atoms with Crippen LogP contribution in [0.4, 0.5) is 0 Å². The zero-order chi connectivity index (χ0) is 21.3. The predicted molar refractivity (Wildman–Crippen MR) is 108 cm³/mol. The summed E-state index contributed by atoms with van der Waals surface area (Å²) >= 11 is 0. The second-order valence-electron chi connectivity index (χ2n) is 7.28. The van der Waals surface area contributed by atoms with Crippen molar-refractivity contribution in [3.05, 3.63) is 70.9 Å². The molecule has 1 atom stereocenters. The number of ketones is 1. The van der Waals surface area contributed by atoms with Gasteiger partial charge in [0.15, 0.2) is 24.2 Å². The van der Waals surface area contributed by atoms with Crippen LogP contribution < -0.4 is 9.47 Å². The third-order valence-corrected chi connectivity index (χ3v) is 5.24. The Morgan fingerprint density at radius 1 is 1.10 bits per heavy atom. The monoisotopic (exact) mass is 409 g/mol. The number of rotatable bonds is 6. The number of benzene rings is 1. The summed E-state index contributed by atoms with van der Waals surface area (Å²) in [5.41, 5.74) is 2.58. The van der Waals surface area contributed by atoms with E-state index in [1.54, 1.807) is 6.92 Å². The van der Waals surface area contributed by atoms with Gasteiger partial charge in [-0.2, -0.15) is 0 Å². The highest BCUT2D eigenvalue weighted by molar-refractivity contribution is 6.00. The van der Waals surface area contributed by atoms with Crippen molar-refractivity contribution in [3.63, 3.8) is 0 Å². The van der Waals surface area contributed by atoms with Gasteiger partial charge in [0.2, 0.25) is 5.78 Å². The summed E-state index contributed by atoms with van der Waals surface area (Å²) in [4.78, 5) is 24.8. The minimum Gasteiger partial charge on any atom is -0.486 e. The zero-order valence-electron chi connectivity index (χ0n) is 17.1. The Bertz CT molecular complexity index is 1090. The molecule has 0 fully saturated rings. The maximum Gasteiger partial charge on any atom is 0.342 e. The van der Waals surface area contributed by atoms with E-state index in [9.17, 15) is 9.59 Å². The van der Waals surface area contributed by atoms with Crippen molar-refractivity contribution in [2.75, 3.05) is 13.2 Å². The van der Waals surface area contributed by atoms with Crippen LogP contribution in [0.15, 0.2) is 47.1 Å². The molecule has 1 aromatic carbocycles.